The number of methoxy groups -OCH3 is 1. The maximum absolute atomic E-state index is 11.1. The lowest BCUT2D eigenvalue weighted by molar-refractivity contribution is -0.142. The van der Waals surface area contributed by atoms with Crippen LogP contribution in [0.25, 0.3) is 0 Å². The smallest absolute Gasteiger partial charge is 0.319 e. The molecular weight excluding hydrogens is 180 g/mol. The Hall–Kier alpha value is -1.08. The molecule has 14 heavy (non-hydrogen) atoms. The Bertz CT molecular complexity index is 211. The van der Waals surface area contributed by atoms with E-state index in [1.807, 2.05) is 18.7 Å². The first-order valence-electron chi connectivity index (χ1n) is 4.90. The van der Waals surface area contributed by atoms with Crippen LogP contribution < -0.4 is 0 Å². The number of ether oxygens (including phenoxy) is 1. The predicted octanol–water partition coefficient (Wildman–Crippen LogP) is 1.17. The SMILES string of the molecule is CCCN(CC(=O)OC)C(C#N)CC. The number of hydrogen-bond donors (Lipinski definition) is 0. The molecule has 0 aromatic heterocycles. The molecule has 0 aliphatic carbocycles. The number of hydrogen-bond acceptors (Lipinski definition) is 4. The first-order chi connectivity index (χ1) is 6.69. The minimum absolute atomic E-state index is 0.186. The summed E-state index contributed by atoms with van der Waals surface area (Å²) in [5, 5.41) is 8.86. The van der Waals surface area contributed by atoms with Crippen molar-refractivity contribution in [3.63, 3.8) is 0 Å². The molecule has 0 heterocycles. The average molecular weight is 198 g/mol. The minimum Gasteiger partial charge on any atom is -0.468 e. The standard InChI is InChI=1S/C10H18N2O2/c1-4-6-12(8-10(13)14-3)9(5-2)7-11/h9H,4-6,8H2,1-3H3. The van der Waals surface area contributed by atoms with E-state index >= 15 is 0 Å². The first kappa shape index (κ1) is 12.9. The zero-order valence-corrected chi connectivity index (χ0v) is 9.12. The molecule has 0 radical (unpaired) electrons. The summed E-state index contributed by atoms with van der Waals surface area (Å²) in [6.45, 7) is 4.92. The van der Waals surface area contributed by atoms with E-state index in [2.05, 4.69) is 10.8 Å². The van der Waals surface area contributed by atoms with Gasteiger partial charge in [0.2, 0.25) is 0 Å². The van der Waals surface area contributed by atoms with Gasteiger partial charge in [-0.15, -0.1) is 0 Å². The van der Waals surface area contributed by atoms with Gasteiger partial charge in [0.05, 0.1) is 25.8 Å². The quantitative estimate of drug-likeness (QED) is 0.601. The van der Waals surface area contributed by atoms with Crippen LogP contribution in [0.15, 0.2) is 0 Å². The molecule has 4 nitrogen and oxygen atoms in total. The maximum atomic E-state index is 11.1. The predicted molar refractivity (Wildman–Crippen MR) is 53.6 cm³/mol. The largest absolute Gasteiger partial charge is 0.468 e. The van der Waals surface area contributed by atoms with Crippen LogP contribution in [0.3, 0.4) is 0 Å². The topological polar surface area (TPSA) is 53.3 Å². The van der Waals surface area contributed by atoms with Crippen LogP contribution in [-0.4, -0.2) is 37.1 Å². The minimum atomic E-state index is -0.285. The zero-order chi connectivity index (χ0) is 11.0. The molecule has 0 spiro atoms. The molecule has 0 fully saturated rings. The molecule has 0 bridgehead atoms. The molecule has 1 unspecified atom stereocenters. The summed E-state index contributed by atoms with van der Waals surface area (Å²) in [5.74, 6) is -0.285. The van der Waals surface area contributed by atoms with Gasteiger partial charge in [-0.1, -0.05) is 13.8 Å². The lowest BCUT2D eigenvalue weighted by atomic mass is 10.2. The fourth-order valence-corrected chi connectivity index (χ4v) is 1.29. The number of carbonyl (C=O) groups is 1. The highest BCUT2D eigenvalue weighted by atomic mass is 16.5. The number of rotatable bonds is 6. The van der Waals surface area contributed by atoms with Crippen molar-refractivity contribution >= 4 is 5.97 Å². The fourth-order valence-electron chi connectivity index (χ4n) is 1.29. The fraction of sp³-hybridized carbons (Fsp3) is 0.800. The Balaban J connectivity index is 4.27. The van der Waals surface area contributed by atoms with Gasteiger partial charge in [0, 0.05) is 0 Å². The summed E-state index contributed by atoms with van der Waals surface area (Å²) in [5.41, 5.74) is 0. The third-order valence-electron chi connectivity index (χ3n) is 2.05. The van der Waals surface area contributed by atoms with Crippen molar-refractivity contribution in [3.05, 3.63) is 0 Å². The molecule has 0 N–H and O–H groups in total. The molecule has 1 atom stereocenters. The van der Waals surface area contributed by atoms with E-state index in [4.69, 9.17) is 5.26 Å². The van der Waals surface area contributed by atoms with E-state index in [-0.39, 0.29) is 18.6 Å². The summed E-state index contributed by atoms with van der Waals surface area (Å²) in [6, 6.07) is 2.00. The van der Waals surface area contributed by atoms with Crippen LogP contribution in [0.5, 0.6) is 0 Å². The average Bonchev–Trinajstić information content (AvgIpc) is 2.19. The maximum Gasteiger partial charge on any atom is 0.319 e. The highest BCUT2D eigenvalue weighted by Crippen LogP contribution is 2.04. The summed E-state index contributed by atoms with van der Waals surface area (Å²) >= 11 is 0. The molecule has 0 aromatic carbocycles. The van der Waals surface area contributed by atoms with Crippen LogP contribution >= 0.6 is 0 Å². The van der Waals surface area contributed by atoms with Crippen molar-refractivity contribution in [2.24, 2.45) is 0 Å². The van der Waals surface area contributed by atoms with Gasteiger partial charge in [0.1, 0.15) is 0 Å². The van der Waals surface area contributed by atoms with Gasteiger partial charge < -0.3 is 4.74 Å². The van der Waals surface area contributed by atoms with Gasteiger partial charge in [-0.25, -0.2) is 0 Å². The van der Waals surface area contributed by atoms with Gasteiger partial charge >= 0.3 is 5.97 Å². The van der Waals surface area contributed by atoms with Crippen molar-refractivity contribution in [2.75, 3.05) is 20.2 Å². The second-order valence-electron chi connectivity index (χ2n) is 3.10. The van der Waals surface area contributed by atoms with E-state index < -0.39 is 0 Å². The van der Waals surface area contributed by atoms with Crippen LogP contribution in [-0.2, 0) is 9.53 Å². The Kier molecular flexibility index (Phi) is 6.77. The van der Waals surface area contributed by atoms with E-state index in [0.29, 0.717) is 0 Å². The molecule has 0 saturated heterocycles. The second-order valence-corrected chi connectivity index (χ2v) is 3.10. The normalized spacial score (nSPS) is 12.2. The molecule has 4 heteroatoms. The van der Waals surface area contributed by atoms with E-state index in [0.717, 1.165) is 19.4 Å². The van der Waals surface area contributed by atoms with Gasteiger partial charge in [-0.2, -0.15) is 5.26 Å². The summed E-state index contributed by atoms with van der Waals surface area (Å²) in [4.78, 5) is 12.9. The van der Waals surface area contributed by atoms with E-state index in [1.54, 1.807) is 0 Å². The third kappa shape index (κ3) is 4.24. The molecule has 80 valence electrons. The van der Waals surface area contributed by atoms with Crippen molar-refractivity contribution < 1.29 is 9.53 Å². The Morgan fingerprint density at radius 3 is 2.57 bits per heavy atom. The molecular formula is C10H18N2O2. The number of carbonyl (C=O) groups excluding carboxylic acids is 1. The van der Waals surface area contributed by atoms with Crippen molar-refractivity contribution in [3.8, 4) is 6.07 Å². The summed E-state index contributed by atoms with van der Waals surface area (Å²) in [7, 11) is 1.36. The van der Waals surface area contributed by atoms with Crippen LogP contribution in [0.2, 0.25) is 0 Å². The van der Waals surface area contributed by atoms with Gasteiger partial charge in [-0.3, -0.25) is 9.69 Å². The monoisotopic (exact) mass is 198 g/mol. The van der Waals surface area contributed by atoms with Crippen LogP contribution in [0, 0.1) is 11.3 Å². The first-order valence-corrected chi connectivity index (χ1v) is 4.90. The molecule has 0 aromatic rings. The number of nitriles is 1. The highest BCUT2D eigenvalue weighted by Gasteiger charge is 2.18. The molecule has 0 aliphatic heterocycles. The van der Waals surface area contributed by atoms with Crippen molar-refractivity contribution in [1.29, 1.82) is 5.26 Å². The Morgan fingerprint density at radius 2 is 2.21 bits per heavy atom. The molecule has 0 saturated carbocycles. The molecule has 0 amide bonds. The number of esters is 1. The van der Waals surface area contributed by atoms with Crippen LogP contribution in [0.1, 0.15) is 26.7 Å². The summed E-state index contributed by atoms with van der Waals surface area (Å²) in [6.07, 6.45) is 1.66. The second kappa shape index (κ2) is 7.34. The van der Waals surface area contributed by atoms with Crippen LogP contribution in [0.4, 0.5) is 0 Å². The van der Waals surface area contributed by atoms with Crippen molar-refractivity contribution in [1.82, 2.24) is 4.90 Å². The lowest BCUT2D eigenvalue weighted by Crippen LogP contribution is -2.38. The Morgan fingerprint density at radius 1 is 1.57 bits per heavy atom. The van der Waals surface area contributed by atoms with E-state index in [1.165, 1.54) is 7.11 Å². The van der Waals surface area contributed by atoms with Crippen molar-refractivity contribution in [2.45, 2.75) is 32.7 Å². The molecule has 0 aliphatic rings. The molecule has 0 rings (SSSR count). The lowest BCUT2D eigenvalue weighted by Gasteiger charge is -2.24. The zero-order valence-electron chi connectivity index (χ0n) is 9.12. The highest BCUT2D eigenvalue weighted by molar-refractivity contribution is 5.71. The van der Waals surface area contributed by atoms with Gasteiger partial charge in [0.25, 0.3) is 0 Å². The van der Waals surface area contributed by atoms with Gasteiger partial charge in [-0.05, 0) is 19.4 Å². The Labute approximate surface area is 85.5 Å². The summed E-state index contributed by atoms with van der Waals surface area (Å²) < 4.78 is 4.58. The number of nitrogens with zero attached hydrogens (tertiary/aromatic N) is 2. The van der Waals surface area contributed by atoms with E-state index in [9.17, 15) is 4.79 Å². The van der Waals surface area contributed by atoms with Gasteiger partial charge in [0.15, 0.2) is 0 Å². The third-order valence-corrected chi connectivity index (χ3v) is 2.05.